The average Bonchev–Trinajstić information content (AvgIpc) is 3.01. The molecule has 0 spiro atoms. The fourth-order valence-corrected chi connectivity index (χ4v) is 2.64. The Morgan fingerprint density at radius 2 is 1.83 bits per heavy atom. The minimum Gasteiger partial charge on any atom is -0.229 e. The maximum atomic E-state index is 14.1. The largest absolute Gasteiger partial charge is 0.229 e. The molecule has 1 heterocycles. The summed E-state index contributed by atoms with van der Waals surface area (Å²) in [4.78, 5) is 1.08. The Bertz CT molecular complexity index is 895. The molecule has 0 atom stereocenters. The molecular weight excluding hydrogens is 316 g/mol. The lowest BCUT2D eigenvalue weighted by Crippen LogP contribution is -2.03. The maximum Gasteiger partial charge on any atom is 0.163 e. The van der Waals surface area contributed by atoms with Gasteiger partial charge in [-0.3, -0.25) is 0 Å². The van der Waals surface area contributed by atoms with Crippen LogP contribution in [-0.2, 0) is 0 Å². The molecule has 0 aliphatic rings. The minimum absolute atomic E-state index is 0.0320. The zero-order valence-corrected chi connectivity index (χ0v) is 12.9. The third kappa shape index (κ3) is 2.96. The van der Waals surface area contributed by atoms with Crippen LogP contribution in [0.3, 0.4) is 0 Å². The first kappa shape index (κ1) is 15.3. The summed E-state index contributed by atoms with van der Waals surface area (Å²) in [5.74, 6) is -1.18. The van der Waals surface area contributed by atoms with Crippen molar-refractivity contribution in [3.8, 4) is 23.0 Å². The molecule has 6 heteroatoms. The number of hydrogen-bond acceptors (Lipinski definition) is 3. The van der Waals surface area contributed by atoms with Gasteiger partial charge in [-0.2, -0.15) is 10.4 Å². The molecule has 0 aliphatic heterocycles. The van der Waals surface area contributed by atoms with Crippen LogP contribution in [0.1, 0.15) is 5.69 Å². The highest BCUT2D eigenvalue weighted by Crippen LogP contribution is 2.27. The number of rotatable bonds is 3. The van der Waals surface area contributed by atoms with E-state index >= 15 is 0 Å². The van der Waals surface area contributed by atoms with Crippen LogP contribution in [0.4, 0.5) is 8.78 Å². The van der Waals surface area contributed by atoms with E-state index in [0.717, 1.165) is 28.7 Å². The second-order valence-electron chi connectivity index (χ2n) is 4.76. The smallest absolute Gasteiger partial charge is 0.163 e. The summed E-state index contributed by atoms with van der Waals surface area (Å²) in [6.45, 7) is 0. The zero-order chi connectivity index (χ0) is 16.4. The standard InChI is InChI=1S/C17H11F2N3S/c1-23-14-5-2-11(3-6-14)16-9-13(10-20)21-22(16)17-8-12(18)4-7-15(17)19/h2-9H,1H3. The van der Waals surface area contributed by atoms with Gasteiger partial charge in [0.2, 0.25) is 0 Å². The summed E-state index contributed by atoms with van der Waals surface area (Å²) in [6.07, 6.45) is 1.97. The van der Waals surface area contributed by atoms with Gasteiger partial charge in [0.25, 0.3) is 0 Å². The lowest BCUT2D eigenvalue weighted by molar-refractivity contribution is 0.587. The van der Waals surface area contributed by atoms with Crippen LogP contribution >= 0.6 is 11.8 Å². The van der Waals surface area contributed by atoms with Crippen LogP contribution in [-0.4, -0.2) is 16.0 Å². The Morgan fingerprint density at radius 1 is 1.09 bits per heavy atom. The van der Waals surface area contributed by atoms with E-state index in [4.69, 9.17) is 5.26 Å². The van der Waals surface area contributed by atoms with E-state index in [1.54, 1.807) is 17.8 Å². The van der Waals surface area contributed by atoms with Gasteiger partial charge in [0.1, 0.15) is 23.4 Å². The van der Waals surface area contributed by atoms with E-state index in [2.05, 4.69) is 5.10 Å². The van der Waals surface area contributed by atoms with Gasteiger partial charge in [-0.15, -0.1) is 11.8 Å². The molecule has 3 aromatic rings. The van der Waals surface area contributed by atoms with Crippen LogP contribution in [0.5, 0.6) is 0 Å². The summed E-state index contributed by atoms with van der Waals surface area (Å²) in [5.41, 5.74) is 1.40. The van der Waals surface area contributed by atoms with Crippen LogP contribution in [0.15, 0.2) is 53.4 Å². The van der Waals surface area contributed by atoms with E-state index in [1.165, 1.54) is 4.68 Å². The Hall–Kier alpha value is -2.65. The van der Waals surface area contributed by atoms with Crippen LogP contribution in [0, 0.1) is 23.0 Å². The molecule has 0 aliphatic carbocycles. The van der Waals surface area contributed by atoms with Crippen molar-refractivity contribution in [2.45, 2.75) is 4.90 Å². The molecule has 1 aromatic heterocycles. The van der Waals surface area contributed by atoms with E-state index in [-0.39, 0.29) is 11.4 Å². The number of halogens is 2. The van der Waals surface area contributed by atoms with Crippen LogP contribution in [0.2, 0.25) is 0 Å². The summed E-state index contributed by atoms with van der Waals surface area (Å²) >= 11 is 1.60. The predicted octanol–water partition coefficient (Wildman–Crippen LogP) is 4.41. The number of aromatic nitrogens is 2. The van der Waals surface area contributed by atoms with Gasteiger partial charge in [0.05, 0.1) is 5.69 Å². The van der Waals surface area contributed by atoms with Crippen molar-refractivity contribution in [3.05, 3.63) is 65.9 Å². The SMILES string of the molecule is CSc1ccc(-c2cc(C#N)nn2-c2cc(F)ccc2F)cc1. The van der Waals surface area contributed by atoms with Crippen LogP contribution < -0.4 is 0 Å². The lowest BCUT2D eigenvalue weighted by Gasteiger charge is -2.09. The van der Waals surface area contributed by atoms with Crippen LogP contribution in [0.25, 0.3) is 16.9 Å². The third-order valence-corrected chi connectivity index (χ3v) is 4.09. The van der Waals surface area contributed by atoms with Crippen molar-refractivity contribution in [3.63, 3.8) is 0 Å². The first-order valence-electron chi connectivity index (χ1n) is 6.72. The molecule has 0 amide bonds. The summed E-state index contributed by atoms with van der Waals surface area (Å²) in [7, 11) is 0. The molecule has 23 heavy (non-hydrogen) atoms. The lowest BCUT2D eigenvalue weighted by atomic mass is 10.1. The van der Waals surface area contributed by atoms with Gasteiger partial charge in [0.15, 0.2) is 5.69 Å². The normalized spacial score (nSPS) is 10.5. The molecule has 0 unspecified atom stereocenters. The molecule has 0 bridgehead atoms. The fourth-order valence-electron chi connectivity index (χ4n) is 2.23. The molecule has 114 valence electrons. The van der Waals surface area contributed by atoms with E-state index in [9.17, 15) is 8.78 Å². The monoisotopic (exact) mass is 327 g/mol. The van der Waals surface area contributed by atoms with E-state index in [0.29, 0.717) is 5.69 Å². The number of thioether (sulfide) groups is 1. The van der Waals surface area contributed by atoms with Crippen molar-refractivity contribution >= 4 is 11.8 Å². The summed E-state index contributed by atoms with van der Waals surface area (Å²) in [6, 6.07) is 14.2. The highest BCUT2D eigenvalue weighted by atomic mass is 32.2. The van der Waals surface area contributed by atoms with Gasteiger partial charge in [0, 0.05) is 22.6 Å². The van der Waals surface area contributed by atoms with Crippen molar-refractivity contribution < 1.29 is 8.78 Å². The van der Waals surface area contributed by atoms with Gasteiger partial charge >= 0.3 is 0 Å². The molecule has 0 fully saturated rings. The minimum atomic E-state index is -0.610. The maximum absolute atomic E-state index is 14.1. The quantitative estimate of drug-likeness (QED) is 0.669. The first-order valence-corrected chi connectivity index (χ1v) is 7.95. The molecular formula is C17H11F2N3S. The first-order chi connectivity index (χ1) is 11.1. The number of hydrogen-bond donors (Lipinski definition) is 0. The molecule has 0 saturated heterocycles. The van der Waals surface area contributed by atoms with Crippen molar-refractivity contribution in [2.24, 2.45) is 0 Å². The predicted molar refractivity (Wildman–Crippen MR) is 85.4 cm³/mol. The van der Waals surface area contributed by atoms with Crippen molar-refractivity contribution in [2.75, 3.05) is 6.26 Å². The van der Waals surface area contributed by atoms with Crippen molar-refractivity contribution in [1.82, 2.24) is 9.78 Å². The Labute approximate surface area is 136 Å². The second kappa shape index (κ2) is 6.23. The summed E-state index contributed by atoms with van der Waals surface area (Å²) < 4.78 is 28.8. The topological polar surface area (TPSA) is 41.6 Å². The zero-order valence-electron chi connectivity index (χ0n) is 12.1. The highest BCUT2D eigenvalue weighted by molar-refractivity contribution is 7.98. The Kier molecular flexibility index (Phi) is 4.13. The second-order valence-corrected chi connectivity index (χ2v) is 5.64. The molecule has 3 rings (SSSR count). The fraction of sp³-hybridized carbons (Fsp3) is 0.0588. The number of benzene rings is 2. The van der Waals surface area contributed by atoms with Gasteiger partial charge in [-0.25, -0.2) is 13.5 Å². The number of nitriles is 1. The Balaban J connectivity index is 2.19. The number of nitrogens with zero attached hydrogens (tertiary/aromatic N) is 3. The van der Waals surface area contributed by atoms with Gasteiger partial charge < -0.3 is 0 Å². The Morgan fingerprint density at radius 3 is 2.48 bits per heavy atom. The van der Waals surface area contributed by atoms with Gasteiger partial charge in [-0.05, 0) is 30.5 Å². The van der Waals surface area contributed by atoms with Crippen molar-refractivity contribution in [1.29, 1.82) is 5.26 Å². The third-order valence-electron chi connectivity index (χ3n) is 3.35. The molecule has 0 radical (unpaired) electrons. The van der Waals surface area contributed by atoms with E-state index in [1.807, 2.05) is 36.6 Å². The average molecular weight is 327 g/mol. The molecule has 2 aromatic carbocycles. The highest BCUT2D eigenvalue weighted by Gasteiger charge is 2.15. The molecule has 3 nitrogen and oxygen atoms in total. The van der Waals surface area contributed by atoms with Gasteiger partial charge in [-0.1, -0.05) is 12.1 Å². The van der Waals surface area contributed by atoms with E-state index < -0.39 is 11.6 Å². The summed E-state index contributed by atoms with van der Waals surface area (Å²) in [5, 5.41) is 13.1. The molecule has 0 N–H and O–H groups in total. The molecule has 0 saturated carbocycles.